The molecule has 0 saturated heterocycles. The lowest BCUT2D eigenvalue weighted by molar-refractivity contribution is -0.229. The fourth-order valence-electron chi connectivity index (χ4n) is 0.497. The van der Waals surface area contributed by atoms with Crippen LogP contribution in [0.1, 0.15) is 0 Å². The summed E-state index contributed by atoms with van der Waals surface area (Å²) in [7, 11) is -4.62. The molecule has 0 aliphatic carbocycles. The zero-order valence-corrected chi connectivity index (χ0v) is 8.75. The predicted molar refractivity (Wildman–Crippen MR) is 45.7 cm³/mol. The van der Waals surface area contributed by atoms with E-state index in [9.17, 15) is 9.46 Å². The van der Waals surface area contributed by atoms with Crippen molar-refractivity contribution in [2.45, 2.75) is 12.2 Å². The van der Waals surface area contributed by atoms with E-state index in [-0.39, 0.29) is 0 Å². The first-order valence-electron chi connectivity index (χ1n) is 4.09. The van der Waals surface area contributed by atoms with Gasteiger partial charge in [0.15, 0.2) is 0 Å². The second-order valence-electron chi connectivity index (χ2n) is 2.71. The van der Waals surface area contributed by atoms with Crippen LogP contribution in [0.15, 0.2) is 0 Å². The van der Waals surface area contributed by atoms with Crippen molar-refractivity contribution in [1.29, 1.82) is 0 Å². The number of aliphatic hydroxyl groups excluding tert-OH is 4. The molecule has 92 valence electrons. The highest BCUT2D eigenvalue weighted by Crippen LogP contribution is 2.38. The average Bonchev–Trinajstić information content (AvgIpc) is 2.22. The number of aliphatic hydroxyl groups is 4. The third-order valence-electron chi connectivity index (χ3n) is 1.27. The van der Waals surface area contributed by atoms with Gasteiger partial charge in [0, 0.05) is 0 Å². The predicted octanol–water partition coefficient (Wildman–Crippen LogP) is -2.81. The summed E-state index contributed by atoms with van der Waals surface area (Å²) in [5, 5.41) is 34.2. The van der Waals surface area contributed by atoms with Crippen LogP contribution < -0.4 is 4.89 Å². The van der Waals surface area contributed by atoms with Gasteiger partial charge in [-0.3, -0.25) is 4.57 Å². The van der Waals surface area contributed by atoms with Crippen LogP contribution >= 0.6 is 7.82 Å². The Balaban J connectivity index is 3.81. The molecule has 0 aromatic rings. The molecular formula is C6H14O8P-. The van der Waals surface area contributed by atoms with Crippen molar-refractivity contribution in [2.75, 3.05) is 26.4 Å². The van der Waals surface area contributed by atoms with Crippen molar-refractivity contribution < 1.29 is 38.9 Å². The van der Waals surface area contributed by atoms with Gasteiger partial charge < -0.3 is 34.4 Å². The molecule has 0 fully saturated rings. The molecular weight excluding hydrogens is 231 g/mol. The largest absolute Gasteiger partial charge is 0.756 e. The summed E-state index contributed by atoms with van der Waals surface area (Å²) in [6, 6.07) is 0. The Morgan fingerprint density at radius 3 is 1.67 bits per heavy atom. The Morgan fingerprint density at radius 1 is 1.07 bits per heavy atom. The van der Waals surface area contributed by atoms with Gasteiger partial charge in [-0.05, 0) is 0 Å². The molecule has 0 spiro atoms. The maximum absolute atomic E-state index is 10.9. The van der Waals surface area contributed by atoms with Gasteiger partial charge in [-0.1, -0.05) is 0 Å². The lowest BCUT2D eigenvalue weighted by atomic mass is 10.4. The van der Waals surface area contributed by atoms with Gasteiger partial charge in [-0.2, -0.15) is 0 Å². The highest BCUT2D eigenvalue weighted by molar-refractivity contribution is 7.45. The Hall–Kier alpha value is -0.0500. The average molecular weight is 245 g/mol. The van der Waals surface area contributed by atoms with Gasteiger partial charge in [-0.15, -0.1) is 0 Å². The summed E-state index contributed by atoms with van der Waals surface area (Å²) in [6.07, 6.45) is -2.64. The van der Waals surface area contributed by atoms with Gasteiger partial charge in [0.05, 0.1) is 26.4 Å². The SMILES string of the molecule is O=P([O-])(OCC(O)CO)OCC(O)CO. The van der Waals surface area contributed by atoms with Crippen LogP contribution in [0.4, 0.5) is 0 Å². The normalized spacial score (nSPS) is 19.5. The number of hydrogen-bond acceptors (Lipinski definition) is 8. The van der Waals surface area contributed by atoms with E-state index in [1.807, 2.05) is 0 Å². The first-order valence-corrected chi connectivity index (χ1v) is 5.55. The molecule has 8 nitrogen and oxygen atoms in total. The molecule has 0 amide bonds. The summed E-state index contributed by atoms with van der Waals surface area (Å²) in [5.41, 5.74) is 0. The molecule has 0 saturated carbocycles. The van der Waals surface area contributed by atoms with Crippen LogP contribution in [0.25, 0.3) is 0 Å². The van der Waals surface area contributed by atoms with E-state index in [1.165, 1.54) is 0 Å². The zero-order chi connectivity index (χ0) is 11.9. The van der Waals surface area contributed by atoms with Crippen molar-refractivity contribution in [3.05, 3.63) is 0 Å². The quantitative estimate of drug-likeness (QED) is 0.336. The topological polar surface area (TPSA) is 140 Å². The van der Waals surface area contributed by atoms with Crippen molar-refractivity contribution in [3.63, 3.8) is 0 Å². The monoisotopic (exact) mass is 245 g/mol. The van der Waals surface area contributed by atoms with Crippen LogP contribution in [0.3, 0.4) is 0 Å². The maximum Gasteiger partial charge on any atom is 0.268 e. The second-order valence-corrected chi connectivity index (χ2v) is 4.12. The molecule has 9 heteroatoms. The van der Waals surface area contributed by atoms with E-state index >= 15 is 0 Å². The second kappa shape index (κ2) is 7.26. The summed E-state index contributed by atoms with van der Waals surface area (Å²) in [4.78, 5) is 10.9. The molecule has 0 aromatic heterocycles. The van der Waals surface area contributed by atoms with Gasteiger partial charge in [0.2, 0.25) is 0 Å². The Bertz CT molecular complexity index is 191. The maximum atomic E-state index is 10.9. The number of hydrogen-bond donors (Lipinski definition) is 4. The van der Waals surface area contributed by atoms with Gasteiger partial charge in [-0.25, -0.2) is 0 Å². The summed E-state index contributed by atoms with van der Waals surface area (Å²) < 4.78 is 19.2. The van der Waals surface area contributed by atoms with E-state index in [1.54, 1.807) is 0 Å². The third-order valence-corrected chi connectivity index (χ3v) is 2.20. The highest BCUT2D eigenvalue weighted by Gasteiger charge is 2.14. The minimum absolute atomic E-state index is 0.632. The summed E-state index contributed by atoms with van der Waals surface area (Å²) in [6.45, 7) is -2.54. The smallest absolute Gasteiger partial charge is 0.268 e. The van der Waals surface area contributed by atoms with Crippen LogP contribution in [-0.4, -0.2) is 59.1 Å². The highest BCUT2D eigenvalue weighted by atomic mass is 31.2. The molecule has 0 bridgehead atoms. The van der Waals surface area contributed by atoms with E-state index in [2.05, 4.69) is 9.05 Å². The standard InChI is InChI=1S/C6H15O8P/c7-1-5(9)3-13-15(11,12)14-4-6(10)2-8/h5-10H,1-4H2,(H,11,12)/p-1. The number of phosphoric acid groups is 1. The minimum atomic E-state index is -4.62. The van der Waals surface area contributed by atoms with Crippen LogP contribution in [-0.2, 0) is 13.6 Å². The molecule has 0 radical (unpaired) electrons. The summed E-state index contributed by atoms with van der Waals surface area (Å²) >= 11 is 0. The molecule has 0 rings (SSSR count). The van der Waals surface area contributed by atoms with E-state index in [0.717, 1.165) is 0 Å². The number of rotatable bonds is 8. The molecule has 4 N–H and O–H groups in total. The van der Waals surface area contributed by atoms with Crippen LogP contribution in [0.2, 0.25) is 0 Å². The lowest BCUT2D eigenvalue weighted by Gasteiger charge is -2.24. The van der Waals surface area contributed by atoms with E-state index in [0.29, 0.717) is 0 Å². The van der Waals surface area contributed by atoms with E-state index < -0.39 is 46.5 Å². The molecule has 0 heterocycles. The number of phosphoric ester groups is 1. The van der Waals surface area contributed by atoms with Gasteiger partial charge in [0.25, 0.3) is 7.82 Å². The molecule has 2 unspecified atom stereocenters. The first kappa shape index (κ1) is 14.9. The molecule has 15 heavy (non-hydrogen) atoms. The fraction of sp³-hybridized carbons (Fsp3) is 1.00. The minimum Gasteiger partial charge on any atom is -0.756 e. The summed E-state index contributed by atoms with van der Waals surface area (Å²) in [5.74, 6) is 0. The fourth-order valence-corrected chi connectivity index (χ4v) is 1.28. The van der Waals surface area contributed by atoms with Crippen molar-refractivity contribution in [1.82, 2.24) is 0 Å². The van der Waals surface area contributed by atoms with E-state index in [4.69, 9.17) is 20.4 Å². The first-order chi connectivity index (χ1) is 6.91. The molecule has 0 aromatic carbocycles. The molecule has 2 atom stereocenters. The molecule has 0 aliphatic rings. The lowest BCUT2D eigenvalue weighted by Crippen LogP contribution is -2.24. The van der Waals surface area contributed by atoms with Crippen LogP contribution in [0.5, 0.6) is 0 Å². The van der Waals surface area contributed by atoms with Crippen molar-refractivity contribution >= 4 is 7.82 Å². The van der Waals surface area contributed by atoms with Crippen molar-refractivity contribution in [3.8, 4) is 0 Å². The van der Waals surface area contributed by atoms with Crippen molar-refractivity contribution in [2.24, 2.45) is 0 Å². The third kappa shape index (κ3) is 7.83. The molecule has 0 aliphatic heterocycles. The zero-order valence-electron chi connectivity index (χ0n) is 7.85. The van der Waals surface area contributed by atoms with Crippen LogP contribution in [0, 0.1) is 0 Å². The Morgan fingerprint density at radius 2 is 1.40 bits per heavy atom. The Kier molecular flexibility index (Phi) is 7.24. The van der Waals surface area contributed by atoms with Gasteiger partial charge in [0.1, 0.15) is 12.2 Å². The van der Waals surface area contributed by atoms with Gasteiger partial charge >= 0.3 is 0 Å². The Labute approximate surface area is 86.3 Å².